The zero-order valence-electron chi connectivity index (χ0n) is 12.9. The second-order valence-corrected chi connectivity index (χ2v) is 6.26. The van der Waals surface area contributed by atoms with Gasteiger partial charge in [0.15, 0.2) is 0 Å². The van der Waals surface area contributed by atoms with Gasteiger partial charge in [-0.2, -0.15) is 0 Å². The molecule has 4 nitrogen and oxygen atoms in total. The lowest BCUT2D eigenvalue weighted by atomic mass is 10.1. The van der Waals surface area contributed by atoms with Gasteiger partial charge in [0.2, 0.25) is 0 Å². The number of aromatic hydroxyl groups is 1. The van der Waals surface area contributed by atoms with E-state index in [1.807, 2.05) is 24.3 Å². The van der Waals surface area contributed by atoms with E-state index in [-0.39, 0.29) is 5.75 Å². The molecular formula is C18H20N3OP. The van der Waals surface area contributed by atoms with Crippen LogP contribution in [0, 0.1) is 0 Å². The molecule has 3 rings (SSSR count). The van der Waals surface area contributed by atoms with Crippen LogP contribution in [0.5, 0.6) is 5.75 Å². The molecule has 5 heteroatoms. The Labute approximate surface area is 138 Å². The Morgan fingerprint density at radius 2 is 1.87 bits per heavy atom. The predicted octanol–water partition coefficient (Wildman–Crippen LogP) is 3.38. The molecule has 0 aromatic heterocycles. The zero-order valence-corrected chi connectivity index (χ0v) is 14.0. The number of nitrogens with zero attached hydrogens (tertiary/aromatic N) is 2. The number of para-hydroxylation sites is 1. The van der Waals surface area contributed by atoms with Crippen molar-refractivity contribution in [2.24, 2.45) is 15.7 Å². The van der Waals surface area contributed by atoms with E-state index in [0.29, 0.717) is 11.5 Å². The van der Waals surface area contributed by atoms with E-state index in [0.717, 1.165) is 42.4 Å². The highest BCUT2D eigenvalue weighted by Crippen LogP contribution is 2.24. The van der Waals surface area contributed by atoms with Gasteiger partial charge in [0, 0.05) is 6.07 Å². The Hall–Kier alpha value is -2.19. The molecule has 0 saturated heterocycles. The van der Waals surface area contributed by atoms with Crippen molar-refractivity contribution < 1.29 is 5.11 Å². The Morgan fingerprint density at radius 3 is 2.74 bits per heavy atom. The third-order valence-electron chi connectivity index (χ3n) is 3.91. The van der Waals surface area contributed by atoms with Gasteiger partial charge in [-0.3, -0.25) is 0 Å². The Kier molecular flexibility index (Phi) is 4.73. The lowest BCUT2D eigenvalue weighted by Crippen LogP contribution is -2.23. The molecule has 0 radical (unpaired) electrons. The Bertz CT molecular complexity index is 784. The van der Waals surface area contributed by atoms with Gasteiger partial charge in [-0.25, -0.2) is 9.98 Å². The highest BCUT2D eigenvalue weighted by Gasteiger charge is 2.12. The van der Waals surface area contributed by atoms with Crippen LogP contribution < -0.4 is 11.0 Å². The third-order valence-corrected chi connectivity index (χ3v) is 4.40. The fourth-order valence-corrected chi connectivity index (χ4v) is 2.89. The van der Waals surface area contributed by atoms with Crippen molar-refractivity contribution in [3.63, 3.8) is 0 Å². The van der Waals surface area contributed by atoms with E-state index in [9.17, 15) is 5.11 Å². The number of amidine groups is 1. The summed E-state index contributed by atoms with van der Waals surface area (Å²) in [7, 11) is 2.63. The van der Waals surface area contributed by atoms with E-state index in [2.05, 4.69) is 25.3 Å². The maximum Gasteiger partial charge on any atom is 0.145 e. The molecular weight excluding hydrogens is 305 g/mol. The number of fused-ring (bicyclic) bond motifs is 1. The van der Waals surface area contributed by atoms with Gasteiger partial charge in [-0.1, -0.05) is 18.2 Å². The number of rotatable bonds is 1. The van der Waals surface area contributed by atoms with E-state index in [4.69, 9.17) is 5.73 Å². The van der Waals surface area contributed by atoms with E-state index < -0.39 is 0 Å². The molecule has 0 bridgehead atoms. The topological polar surface area (TPSA) is 71.0 Å². The smallest absolute Gasteiger partial charge is 0.145 e. The van der Waals surface area contributed by atoms with Crippen LogP contribution in [0.2, 0.25) is 0 Å². The molecule has 3 N–H and O–H groups in total. The van der Waals surface area contributed by atoms with Crippen LogP contribution in [-0.2, 0) is 6.42 Å². The maximum atomic E-state index is 9.67. The molecule has 2 aromatic carbocycles. The van der Waals surface area contributed by atoms with E-state index in [1.54, 1.807) is 12.1 Å². The van der Waals surface area contributed by atoms with Crippen LogP contribution >= 0.6 is 9.24 Å². The number of benzene rings is 2. The standard InChI is InChI=1S/C18H20N3OP/c19-18-15(20-16-11-13(22)9-10-17(16)23)8-4-2-6-12-5-1-3-7-14(12)21-18/h1,3,5,7,9-11,22H,2,4,6,8,23H2,(H2,19,21). The van der Waals surface area contributed by atoms with Gasteiger partial charge in [-0.15, -0.1) is 9.24 Å². The van der Waals surface area contributed by atoms with Gasteiger partial charge >= 0.3 is 0 Å². The molecule has 1 unspecified atom stereocenters. The lowest BCUT2D eigenvalue weighted by Gasteiger charge is -2.07. The second-order valence-electron chi connectivity index (χ2n) is 5.63. The monoisotopic (exact) mass is 325 g/mol. The number of aliphatic imine (C=N–C) groups is 2. The summed E-state index contributed by atoms with van der Waals surface area (Å²) in [6.07, 6.45) is 3.87. The van der Waals surface area contributed by atoms with Crippen molar-refractivity contribution in [2.75, 3.05) is 0 Å². The van der Waals surface area contributed by atoms with Crippen LogP contribution in [-0.4, -0.2) is 16.7 Å². The SMILES string of the molecule is NC1=Nc2ccccc2CCCCC1=Nc1cc(O)ccc1P. The molecule has 1 atom stereocenters. The molecule has 23 heavy (non-hydrogen) atoms. The summed E-state index contributed by atoms with van der Waals surface area (Å²) in [4.78, 5) is 9.24. The number of hydrogen-bond acceptors (Lipinski definition) is 4. The van der Waals surface area contributed by atoms with Crippen molar-refractivity contribution in [2.45, 2.75) is 25.7 Å². The van der Waals surface area contributed by atoms with Crippen molar-refractivity contribution in [1.29, 1.82) is 0 Å². The highest BCUT2D eigenvalue weighted by molar-refractivity contribution is 7.28. The average molecular weight is 325 g/mol. The predicted molar refractivity (Wildman–Crippen MR) is 99.8 cm³/mol. The van der Waals surface area contributed by atoms with Crippen LogP contribution in [0.3, 0.4) is 0 Å². The fourth-order valence-electron chi connectivity index (χ4n) is 2.65. The Morgan fingerprint density at radius 1 is 1.09 bits per heavy atom. The summed E-state index contributed by atoms with van der Waals surface area (Å²) in [5.41, 5.74) is 9.84. The van der Waals surface area contributed by atoms with Gasteiger partial charge in [0.25, 0.3) is 0 Å². The second kappa shape index (κ2) is 6.93. The highest BCUT2D eigenvalue weighted by atomic mass is 31.0. The molecule has 0 aliphatic carbocycles. The summed E-state index contributed by atoms with van der Waals surface area (Å²) < 4.78 is 0. The van der Waals surface area contributed by atoms with Gasteiger partial charge in [0.05, 0.1) is 17.1 Å². The number of nitrogens with two attached hydrogens (primary N) is 1. The van der Waals surface area contributed by atoms with Crippen molar-refractivity contribution >= 4 is 37.5 Å². The van der Waals surface area contributed by atoms with Crippen molar-refractivity contribution in [1.82, 2.24) is 0 Å². The largest absolute Gasteiger partial charge is 0.508 e. The van der Waals surface area contributed by atoms with E-state index in [1.165, 1.54) is 5.56 Å². The van der Waals surface area contributed by atoms with Crippen molar-refractivity contribution in [3.05, 3.63) is 48.0 Å². The quantitative estimate of drug-likeness (QED) is 0.789. The molecule has 0 fully saturated rings. The molecule has 118 valence electrons. The molecule has 0 saturated carbocycles. The summed E-state index contributed by atoms with van der Waals surface area (Å²) in [6, 6.07) is 13.2. The molecule has 1 aliphatic rings. The van der Waals surface area contributed by atoms with Crippen molar-refractivity contribution in [3.8, 4) is 5.75 Å². The minimum Gasteiger partial charge on any atom is -0.508 e. The van der Waals surface area contributed by atoms with Crippen LogP contribution in [0.15, 0.2) is 52.4 Å². The first-order valence-corrected chi connectivity index (χ1v) is 8.30. The summed E-state index contributed by atoms with van der Waals surface area (Å²) >= 11 is 0. The first-order valence-electron chi connectivity index (χ1n) is 7.72. The van der Waals surface area contributed by atoms with Crippen LogP contribution in [0.1, 0.15) is 24.8 Å². The average Bonchev–Trinajstić information content (AvgIpc) is 2.61. The number of phenolic OH excluding ortho intramolecular Hbond substituents is 1. The minimum atomic E-state index is 0.194. The number of hydrogen-bond donors (Lipinski definition) is 2. The van der Waals surface area contributed by atoms with Gasteiger partial charge < -0.3 is 10.8 Å². The third kappa shape index (κ3) is 3.77. The maximum absolute atomic E-state index is 9.67. The number of aryl methyl sites for hydroxylation is 1. The zero-order chi connectivity index (χ0) is 16.2. The molecule has 1 heterocycles. The first kappa shape index (κ1) is 15.7. The van der Waals surface area contributed by atoms with Crippen LogP contribution in [0.4, 0.5) is 11.4 Å². The summed E-state index contributed by atoms with van der Waals surface area (Å²) in [6.45, 7) is 0. The summed E-state index contributed by atoms with van der Waals surface area (Å²) in [5, 5.41) is 10.6. The molecule has 0 spiro atoms. The molecule has 0 amide bonds. The molecule has 1 aliphatic heterocycles. The van der Waals surface area contributed by atoms with Gasteiger partial charge in [-0.05, 0) is 54.8 Å². The van der Waals surface area contributed by atoms with E-state index >= 15 is 0 Å². The van der Waals surface area contributed by atoms with Crippen LogP contribution in [0.25, 0.3) is 0 Å². The lowest BCUT2D eigenvalue weighted by molar-refractivity contribution is 0.475. The minimum absolute atomic E-state index is 0.194. The van der Waals surface area contributed by atoms with Gasteiger partial charge in [0.1, 0.15) is 11.6 Å². The summed E-state index contributed by atoms with van der Waals surface area (Å²) in [5.74, 6) is 0.645. The Balaban J connectivity index is 2.03. The fraction of sp³-hybridized carbons (Fsp3) is 0.222. The number of phenols is 1. The first-order chi connectivity index (χ1) is 11.1. The normalized spacial score (nSPS) is 16.9. The molecule has 2 aromatic rings.